The molecule has 1 aromatic rings. The van der Waals surface area contributed by atoms with Crippen molar-refractivity contribution in [3.05, 3.63) is 35.9 Å². The van der Waals surface area contributed by atoms with Gasteiger partial charge in [0.2, 0.25) is 10.0 Å². The van der Waals surface area contributed by atoms with Gasteiger partial charge in [-0.05, 0) is 18.9 Å². The number of nitrogens with one attached hydrogen (secondary N) is 2. The van der Waals surface area contributed by atoms with Gasteiger partial charge in [-0.2, -0.15) is 0 Å². The third-order valence-electron chi connectivity index (χ3n) is 4.28. The molecule has 8 heteroatoms. The van der Waals surface area contributed by atoms with Crippen molar-refractivity contribution in [1.29, 1.82) is 0 Å². The number of aliphatic imine (C=N–C) groups is 1. The van der Waals surface area contributed by atoms with Gasteiger partial charge in [0.25, 0.3) is 0 Å². The van der Waals surface area contributed by atoms with Crippen LogP contribution in [0.15, 0.2) is 35.3 Å². The molecular weight excluding hydrogens is 352 g/mol. The molecule has 0 aromatic heterocycles. The van der Waals surface area contributed by atoms with Gasteiger partial charge in [-0.15, -0.1) is 0 Å². The summed E-state index contributed by atoms with van der Waals surface area (Å²) in [5.74, 6) is 1.26. The fourth-order valence-electron chi connectivity index (χ4n) is 2.96. The molecule has 2 N–H and O–H groups in total. The molecule has 1 atom stereocenters. The molecule has 7 nitrogen and oxygen atoms in total. The van der Waals surface area contributed by atoms with E-state index < -0.39 is 10.0 Å². The van der Waals surface area contributed by atoms with E-state index in [2.05, 4.69) is 19.9 Å². The van der Waals surface area contributed by atoms with Gasteiger partial charge in [-0.3, -0.25) is 4.99 Å². The van der Waals surface area contributed by atoms with Crippen molar-refractivity contribution in [1.82, 2.24) is 14.9 Å². The van der Waals surface area contributed by atoms with Crippen LogP contribution in [0.5, 0.6) is 0 Å². The van der Waals surface area contributed by atoms with Crippen molar-refractivity contribution >= 4 is 16.0 Å². The zero-order chi connectivity index (χ0) is 18.8. The van der Waals surface area contributed by atoms with Crippen molar-refractivity contribution in [2.24, 2.45) is 10.9 Å². The molecule has 1 heterocycles. The smallest absolute Gasteiger partial charge is 0.213 e. The van der Waals surface area contributed by atoms with Crippen LogP contribution in [-0.4, -0.2) is 64.9 Å². The molecule has 146 valence electrons. The third kappa shape index (κ3) is 6.93. The maximum Gasteiger partial charge on any atom is 0.213 e. The highest BCUT2D eigenvalue weighted by Crippen LogP contribution is 2.16. The Morgan fingerprint density at radius 3 is 2.81 bits per heavy atom. The van der Waals surface area contributed by atoms with E-state index in [9.17, 15) is 8.42 Å². The lowest BCUT2D eigenvalue weighted by molar-refractivity contribution is 0.157. The highest BCUT2D eigenvalue weighted by Gasteiger charge is 2.24. The van der Waals surface area contributed by atoms with E-state index in [1.807, 2.05) is 37.3 Å². The molecule has 1 aliphatic heterocycles. The molecule has 2 rings (SSSR count). The van der Waals surface area contributed by atoms with Crippen molar-refractivity contribution in [2.45, 2.75) is 19.9 Å². The molecule has 1 unspecified atom stereocenters. The Hall–Kier alpha value is -1.64. The van der Waals surface area contributed by atoms with Crippen LogP contribution in [0.25, 0.3) is 0 Å². The SMILES string of the molecule is CCNC(=NCCS(=O)(=O)NCc1ccccc1)N1CCC(COC)C1. The second-order valence-electron chi connectivity index (χ2n) is 6.42. The maximum absolute atomic E-state index is 12.2. The maximum atomic E-state index is 12.2. The Morgan fingerprint density at radius 2 is 2.12 bits per heavy atom. The van der Waals surface area contributed by atoms with Crippen LogP contribution in [-0.2, 0) is 21.3 Å². The van der Waals surface area contributed by atoms with Gasteiger partial charge in [0.15, 0.2) is 5.96 Å². The first-order chi connectivity index (χ1) is 12.5. The molecule has 1 fully saturated rings. The summed E-state index contributed by atoms with van der Waals surface area (Å²) in [6.45, 7) is 5.85. The average Bonchev–Trinajstić information content (AvgIpc) is 3.09. The number of benzene rings is 1. The fourth-order valence-corrected chi connectivity index (χ4v) is 3.82. The number of sulfonamides is 1. The monoisotopic (exact) mass is 382 g/mol. The molecule has 0 radical (unpaired) electrons. The second kappa shape index (κ2) is 10.5. The lowest BCUT2D eigenvalue weighted by atomic mass is 10.1. The van der Waals surface area contributed by atoms with E-state index in [-0.39, 0.29) is 12.3 Å². The first-order valence-electron chi connectivity index (χ1n) is 9.07. The Balaban J connectivity index is 1.84. The number of nitrogens with zero attached hydrogens (tertiary/aromatic N) is 2. The summed E-state index contributed by atoms with van der Waals surface area (Å²) < 4.78 is 32.2. The Kier molecular flexibility index (Phi) is 8.34. The minimum Gasteiger partial charge on any atom is -0.384 e. The van der Waals surface area contributed by atoms with Crippen LogP contribution in [0.3, 0.4) is 0 Å². The van der Waals surface area contributed by atoms with Gasteiger partial charge in [-0.1, -0.05) is 30.3 Å². The van der Waals surface area contributed by atoms with E-state index in [0.717, 1.165) is 44.2 Å². The van der Waals surface area contributed by atoms with Crippen LogP contribution in [0.1, 0.15) is 18.9 Å². The first-order valence-corrected chi connectivity index (χ1v) is 10.7. The minimum atomic E-state index is -3.36. The minimum absolute atomic E-state index is 0.0237. The van der Waals surface area contributed by atoms with E-state index in [1.165, 1.54) is 0 Å². The molecule has 0 bridgehead atoms. The molecule has 0 amide bonds. The van der Waals surface area contributed by atoms with Crippen LogP contribution >= 0.6 is 0 Å². The Morgan fingerprint density at radius 1 is 1.35 bits per heavy atom. The summed E-state index contributed by atoms with van der Waals surface area (Å²) in [4.78, 5) is 6.68. The van der Waals surface area contributed by atoms with E-state index in [0.29, 0.717) is 12.5 Å². The van der Waals surface area contributed by atoms with Gasteiger partial charge in [-0.25, -0.2) is 13.1 Å². The van der Waals surface area contributed by atoms with Crippen molar-refractivity contribution in [3.8, 4) is 0 Å². The summed E-state index contributed by atoms with van der Waals surface area (Å²) in [6, 6.07) is 9.49. The number of hydrogen-bond donors (Lipinski definition) is 2. The first kappa shape index (κ1) is 20.7. The summed E-state index contributed by atoms with van der Waals surface area (Å²) in [5.41, 5.74) is 0.939. The number of likely N-dealkylation sites (tertiary alicyclic amines) is 1. The highest BCUT2D eigenvalue weighted by molar-refractivity contribution is 7.89. The number of hydrogen-bond acceptors (Lipinski definition) is 4. The predicted octanol–water partition coefficient (Wildman–Crippen LogP) is 1.04. The quantitative estimate of drug-likeness (QED) is 0.493. The topological polar surface area (TPSA) is 83.0 Å². The van der Waals surface area contributed by atoms with Crippen LogP contribution in [0.4, 0.5) is 0 Å². The largest absolute Gasteiger partial charge is 0.384 e. The molecule has 26 heavy (non-hydrogen) atoms. The summed E-state index contributed by atoms with van der Waals surface area (Å²) in [6.07, 6.45) is 1.06. The van der Waals surface area contributed by atoms with E-state index >= 15 is 0 Å². The second-order valence-corrected chi connectivity index (χ2v) is 8.34. The molecule has 0 saturated carbocycles. The molecule has 1 aliphatic rings. The molecule has 0 aliphatic carbocycles. The summed E-state index contributed by atoms with van der Waals surface area (Å²) >= 11 is 0. The van der Waals surface area contributed by atoms with Crippen molar-refractivity contribution < 1.29 is 13.2 Å². The molecule has 1 saturated heterocycles. The summed E-state index contributed by atoms with van der Waals surface area (Å²) in [5, 5.41) is 3.25. The number of ether oxygens (including phenoxy) is 1. The lowest BCUT2D eigenvalue weighted by Gasteiger charge is -2.21. The zero-order valence-electron chi connectivity index (χ0n) is 15.6. The van der Waals surface area contributed by atoms with Crippen LogP contribution in [0.2, 0.25) is 0 Å². The van der Waals surface area contributed by atoms with E-state index in [1.54, 1.807) is 7.11 Å². The van der Waals surface area contributed by atoms with Crippen LogP contribution < -0.4 is 10.0 Å². The average molecular weight is 383 g/mol. The molecule has 1 aromatic carbocycles. The molecular formula is C18H30N4O3S. The van der Waals surface area contributed by atoms with Crippen LogP contribution in [0, 0.1) is 5.92 Å². The normalized spacial score (nSPS) is 18.3. The van der Waals surface area contributed by atoms with Gasteiger partial charge in [0.1, 0.15) is 0 Å². The van der Waals surface area contributed by atoms with Crippen molar-refractivity contribution in [3.63, 3.8) is 0 Å². The fraction of sp³-hybridized carbons (Fsp3) is 0.611. The summed E-state index contributed by atoms with van der Waals surface area (Å²) in [7, 11) is -1.64. The Labute approximate surface area is 156 Å². The van der Waals surface area contributed by atoms with Gasteiger partial charge in [0.05, 0.1) is 18.9 Å². The Bertz CT molecular complexity index is 664. The number of methoxy groups -OCH3 is 1. The highest BCUT2D eigenvalue weighted by atomic mass is 32.2. The predicted molar refractivity (Wildman–Crippen MR) is 105 cm³/mol. The third-order valence-corrected chi connectivity index (χ3v) is 5.59. The number of rotatable bonds is 9. The van der Waals surface area contributed by atoms with Gasteiger partial charge < -0.3 is 15.0 Å². The zero-order valence-corrected chi connectivity index (χ0v) is 16.5. The van der Waals surface area contributed by atoms with E-state index in [4.69, 9.17) is 4.74 Å². The van der Waals surface area contributed by atoms with Gasteiger partial charge in [0, 0.05) is 39.2 Å². The standard InChI is InChI=1S/C18H30N4O3S/c1-3-19-18(22-11-9-17(14-22)15-25-2)20-10-12-26(23,24)21-13-16-7-5-4-6-8-16/h4-8,17,21H,3,9-15H2,1-2H3,(H,19,20). The number of guanidine groups is 1. The van der Waals surface area contributed by atoms with Crippen molar-refractivity contribution in [2.75, 3.05) is 45.6 Å². The lowest BCUT2D eigenvalue weighted by Crippen LogP contribution is -2.40. The molecule has 0 spiro atoms. The van der Waals surface area contributed by atoms with Gasteiger partial charge >= 0.3 is 0 Å².